The zero-order valence-electron chi connectivity index (χ0n) is 15.4. The number of nitrogens with one attached hydrogen (secondary N) is 1. The summed E-state index contributed by atoms with van der Waals surface area (Å²) in [5.41, 5.74) is 2.41. The second-order valence-corrected chi connectivity index (χ2v) is 6.80. The predicted octanol–water partition coefficient (Wildman–Crippen LogP) is 3.39. The molecule has 0 radical (unpaired) electrons. The van der Waals surface area contributed by atoms with E-state index in [0.29, 0.717) is 24.5 Å². The summed E-state index contributed by atoms with van der Waals surface area (Å²) in [6.07, 6.45) is 2.18. The molecule has 6 heteroatoms. The van der Waals surface area contributed by atoms with Crippen LogP contribution in [0.2, 0.25) is 0 Å². The maximum absolute atomic E-state index is 13.0. The molecule has 1 fully saturated rings. The molecule has 4 rings (SSSR count). The lowest BCUT2D eigenvalue weighted by molar-refractivity contribution is 0.0656. The number of imidazole rings is 1. The van der Waals surface area contributed by atoms with Gasteiger partial charge in [0.2, 0.25) is 0 Å². The van der Waals surface area contributed by atoms with E-state index in [0.717, 1.165) is 36.3 Å². The van der Waals surface area contributed by atoms with Crippen molar-refractivity contribution >= 4 is 16.9 Å². The molecular formula is C21H23N3O3. The third kappa shape index (κ3) is 3.95. The fraction of sp³-hybridized carbons (Fsp3) is 0.333. The highest BCUT2D eigenvalue weighted by Crippen LogP contribution is 2.22. The van der Waals surface area contributed by atoms with E-state index in [9.17, 15) is 4.79 Å². The number of benzene rings is 2. The minimum absolute atomic E-state index is 0.0987. The summed E-state index contributed by atoms with van der Waals surface area (Å²) in [4.78, 5) is 22.4. The molecule has 1 saturated heterocycles. The molecule has 1 amide bonds. The Hall–Kier alpha value is -2.86. The lowest BCUT2D eigenvalue weighted by Crippen LogP contribution is -2.27. The van der Waals surface area contributed by atoms with Gasteiger partial charge in [-0.1, -0.05) is 24.3 Å². The van der Waals surface area contributed by atoms with E-state index in [1.165, 1.54) is 0 Å². The Bertz CT molecular complexity index is 898. The van der Waals surface area contributed by atoms with Crippen LogP contribution >= 0.6 is 0 Å². The van der Waals surface area contributed by atoms with Gasteiger partial charge in [-0.15, -0.1) is 0 Å². The number of carbonyl (C=O) groups excluding carboxylic acids is 1. The summed E-state index contributed by atoms with van der Waals surface area (Å²) in [6.45, 7) is 1.65. The topological polar surface area (TPSA) is 67.5 Å². The van der Waals surface area contributed by atoms with Gasteiger partial charge in [0, 0.05) is 13.7 Å². The maximum atomic E-state index is 13.0. The number of H-pyrrole nitrogens is 1. The minimum Gasteiger partial charge on any atom is -0.490 e. The first-order valence-corrected chi connectivity index (χ1v) is 9.23. The molecule has 1 aliphatic heterocycles. The highest BCUT2D eigenvalue weighted by atomic mass is 16.5. The smallest absolute Gasteiger partial charge is 0.257 e. The molecular weight excluding hydrogens is 342 g/mol. The minimum atomic E-state index is -0.0987. The average molecular weight is 365 g/mol. The van der Waals surface area contributed by atoms with E-state index >= 15 is 0 Å². The average Bonchev–Trinajstić information content (AvgIpc) is 3.35. The first kappa shape index (κ1) is 17.5. The van der Waals surface area contributed by atoms with E-state index in [-0.39, 0.29) is 12.0 Å². The molecule has 0 spiro atoms. The van der Waals surface area contributed by atoms with Crippen molar-refractivity contribution in [2.24, 2.45) is 0 Å². The van der Waals surface area contributed by atoms with Gasteiger partial charge in [-0.05, 0) is 37.1 Å². The predicted molar refractivity (Wildman–Crippen MR) is 103 cm³/mol. The Labute approximate surface area is 158 Å². The number of carbonyl (C=O) groups is 1. The van der Waals surface area contributed by atoms with Crippen LogP contribution in [0.3, 0.4) is 0 Å². The van der Waals surface area contributed by atoms with E-state index < -0.39 is 0 Å². The van der Waals surface area contributed by atoms with Crippen molar-refractivity contribution < 1.29 is 14.3 Å². The molecule has 1 atom stereocenters. The van der Waals surface area contributed by atoms with E-state index in [1.54, 1.807) is 18.0 Å². The summed E-state index contributed by atoms with van der Waals surface area (Å²) >= 11 is 0. The van der Waals surface area contributed by atoms with Gasteiger partial charge in [0.1, 0.15) is 18.2 Å². The van der Waals surface area contributed by atoms with E-state index in [2.05, 4.69) is 9.97 Å². The number of fused-ring (bicyclic) bond motifs is 1. The SMILES string of the molecule is CN(Cc1nc2ccccc2[nH]1)C(=O)c1ccccc1OCC1CCCO1. The third-order valence-corrected chi connectivity index (χ3v) is 4.74. The number of para-hydroxylation sites is 3. The van der Waals surface area contributed by atoms with Gasteiger partial charge in [0.05, 0.1) is 29.2 Å². The molecule has 2 aromatic carbocycles. The summed E-state index contributed by atoms with van der Waals surface area (Å²) in [6, 6.07) is 15.2. The van der Waals surface area contributed by atoms with Crippen LogP contribution in [0.5, 0.6) is 5.75 Å². The molecule has 2 heterocycles. The van der Waals surface area contributed by atoms with Gasteiger partial charge < -0.3 is 19.4 Å². The van der Waals surface area contributed by atoms with Crippen LogP contribution in [0.25, 0.3) is 11.0 Å². The molecule has 1 N–H and O–H groups in total. The molecule has 0 saturated carbocycles. The first-order chi connectivity index (χ1) is 13.2. The van der Waals surface area contributed by atoms with Crippen LogP contribution in [0.1, 0.15) is 29.0 Å². The van der Waals surface area contributed by atoms with Gasteiger partial charge in [0.25, 0.3) is 5.91 Å². The second-order valence-electron chi connectivity index (χ2n) is 6.80. The van der Waals surface area contributed by atoms with Gasteiger partial charge >= 0.3 is 0 Å². The Kier molecular flexibility index (Phi) is 5.07. The van der Waals surface area contributed by atoms with Crippen molar-refractivity contribution in [2.75, 3.05) is 20.3 Å². The molecule has 0 aliphatic carbocycles. The van der Waals surface area contributed by atoms with Crippen molar-refractivity contribution in [3.8, 4) is 5.75 Å². The number of amides is 1. The lowest BCUT2D eigenvalue weighted by atomic mass is 10.1. The standard InChI is InChI=1S/C21H23N3O3/c1-24(13-20-22-17-9-3-4-10-18(17)23-20)21(25)16-8-2-5-11-19(16)27-14-15-7-6-12-26-15/h2-5,8-11,15H,6-7,12-14H2,1H3,(H,22,23). The summed E-state index contributed by atoms with van der Waals surface area (Å²) in [5.74, 6) is 1.25. The third-order valence-electron chi connectivity index (χ3n) is 4.74. The number of aromatic amines is 1. The van der Waals surface area contributed by atoms with Gasteiger partial charge in [-0.25, -0.2) is 4.98 Å². The summed E-state index contributed by atoms with van der Waals surface area (Å²) in [5, 5.41) is 0. The highest BCUT2D eigenvalue weighted by molar-refractivity contribution is 5.96. The molecule has 1 aliphatic rings. The summed E-state index contributed by atoms with van der Waals surface area (Å²) in [7, 11) is 1.77. The van der Waals surface area contributed by atoms with Crippen LogP contribution in [-0.2, 0) is 11.3 Å². The lowest BCUT2D eigenvalue weighted by Gasteiger charge is -2.19. The van der Waals surface area contributed by atoms with Gasteiger partial charge in [-0.3, -0.25) is 4.79 Å². The quantitative estimate of drug-likeness (QED) is 0.727. The molecule has 1 aromatic heterocycles. The molecule has 3 aromatic rings. The maximum Gasteiger partial charge on any atom is 0.257 e. The Morgan fingerprint density at radius 2 is 2.07 bits per heavy atom. The van der Waals surface area contributed by atoms with Crippen molar-refractivity contribution in [2.45, 2.75) is 25.5 Å². The zero-order chi connectivity index (χ0) is 18.6. The van der Waals surface area contributed by atoms with Crippen molar-refractivity contribution in [1.29, 1.82) is 0 Å². The van der Waals surface area contributed by atoms with Gasteiger partial charge in [0.15, 0.2) is 0 Å². The molecule has 6 nitrogen and oxygen atoms in total. The molecule has 140 valence electrons. The largest absolute Gasteiger partial charge is 0.490 e. The van der Waals surface area contributed by atoms with E-state index in [4.69, 9.17) is 9.47 Å². The summed E-state index contributed by atoms with van der Waals surface area (Å²) < 4.78 is 11.5. The highest BCUT2D eigenvalue weighted by Gasteiger charge is 2.20. The molecule has 27 heavy (non-hydrogen) atoms. The van der Waals surface area contributed by atoms with E-state index in [1.807, 2.05) is 42.5 Å². The zero-order valence-corrected chi connectivity index (χ0v) is 15.4. The fourth-order valence-corrected chi connectivity index (χ4v) is 3.31. The number of aromatic nitrogens is 2. The number of rotatable bonds is 6. The van der Waals surface area contributed by atoms with Gasteiger partial charge in [-0.2, -0.15) is 0 Å². The van der Waals surface area contributed by atoms with Crippen LogP contribution in [0.15, 0.2) is 48.5 Å². The molecule has 1 unspecified atom stereocenters. The Morgan fingerprint density at radius 3 is 2.89 bits per heavy atom. The normalized spacial score (nSPS) is 16.6. The number of nitrogens with zero attached hydrogens (tertiary/aromatic N) is 2. The second kappa shape index (κ2) is 7.80. The first-order valence-electron chi connectivity index (χ1n) is 9.23. The van der Waals surface area contributed by atoms with Crippen LogP contribution < -0.4 is 4.74 Å². The van der Waals surface area contributed by atoms with Crippen molar-refractivity contribution in [3.05, 3.63) is 59.9 Å². The van der Waals surface area contributed by atoms with Crippen LogP contribution in [-0.4, -0.2) is 47.1 Å². The van der Waals surface area contributed by atoms with Crippen molar-refractivity contribution in [3.63, 3.8) is 0 Å². The molecule has 0 bridgehead atoms. The van der Waals surface area contributed by atoms with Crippen molar-refractivity contribution in [1.82, 2.24) is 14.9 Å². The number of hydrogen-bond acceptors (Lipinski definition) is 4. The Balaban J connectivity index is 1.46. The van der Waals surface area contributed by atoms with Crippen LogP contribution in [0, 0.1) is 0 Å². The monoisotopic (exact) mass is 365 g/mol. The number of hydrogen-bond donors (Lipinski definition) is 1. The Morgan fingerprint density at radius 1 is 1.26 bits per heavy atom. The van der Waals surface area contributed by atoms with Crippen LogP contribution in [0.4, 0.5) is 0 Å². The number of ether oxygens (including phenoxy) is 2. The fourth-order valence-electron chi connectivity index (χ4n) is 3.31.